The number of hydrogen-bond donors (Lipinski definition) is 2. The van der Waals surface area contributed by atoms with Crippen LogP contribution >= 0.6 is 0 Å². The van der Waals surface area contributed by atoms with Crippen LogP contribution in [0.1, 0.15) is 25.7 Å². The van der Waals surface area contributed by atoms with Gasteiger partial charge in [-0.15, -0.1) is 0 Å². The molecule has 1 aliphatic heterocycles. The van der Waals surface area contributed by atoms with E-state index >= 15 is 0 Å². The number of amides is 1. The molecular weight excluding hydrogens is 210 g/mol. The predicted molar refractivity (Wildman–Crippen MR) is 59.7 cm³/mol. The van der Waals surface area contributed by atoms with Gasteiger partial charge in [0.05, 0.1) is 6.61 Å². The average molecular weight is 229 g/mol. The largest absolute Gasteiger partial charge is 0.460 e. The van der Waals surface area contributed by atoms with E-state index in [0.717, 1.165) is 31.9 Å². The van der Waals surface area contributed by atoms with Gasteiger partial charge in [0.25, 0.3) is 0 Å². The summed E-state index contributed by atoms with van der Waals surface area (Å²) in [5.41, 5.74) is 0. The van der Waals surface area contributed by atoms with Crippen LogP contribution in [0.2, 0.25) is 0 Å². The number of nitrogens with one attached hydrogen (secondary N) is 1. The molecule has 1 amide bonds. The maximum absolute atomic E-state index is 10.6. The Kier molecular flexibility index (Phi) is 9.30. The fraction of sp³-hybridized carbons (Fsp3) is 0.636. The first-order valence-corrected chi connectivity index (χ1v) is 5.37. The maximum atomic E-state index is 10.6. The van der Waals surface area contributed by atoms with Crippen LogP contribution in [-0.4, -0.2) is 36.7 Å². The van der Waals surface area contributed by atoms with Crippen molar-refractivity contribution >= 4 is 11.9 Å². The van der Waals surface area contributed by atoms with Crippen molar-refractivity contribution in [3.05, 3.63) is 12.7 Å². The van der Waals surface area contributed by atoms with Crippen LogP contribution in [0.4, 0.5) is 0 Å². The molecule has 5 nitrogen and oxygen atoms in total. The van der Waals surface area contributed by atoms with Gasteiger partial charge in [-0.1, -0.05) is 13.0 Å². The summed E-state index contributed by atoms with van der Waals surface area (Å²) in [6.45, 7) is 3.95. The van der Waals surface area contributed by atoms with E-state index in [-0.39, 0.29) is 19.1 Å². The second-order valence-corrected chi connectivity index (χ2v) is 3.26. The number of carbonyl (C=O) groups is 2. The second-order valence-electron chi connectivity index (χ2n) is 3.26. The molecule has 1 heterocycles. The quantitative estimate of drug-likeness (QED) is 0.542. The van der Waals surface area contributed by atoms with Crippen molar-refractivity contribution in [1.82, 2.24) is 5.32 Å². The molecule has 0 spiro atoms. The Bertz CT molecular complexity index is 218. The molecule has 0 aromatic carbocycles. The zero-order valence-electron chi connectivity index (χ0n) is 9.41. The van der Waals surface area contributed by atoms with Gasteiger partial charge in [-0.05, 0) is 12.8 Å². The summed E-state index contributed by atoms with van der Waals surface area (Å²) in [5, 5.41) is 10.9. The number of esters is 1. The Hall–Kier alpha value is -1.36. The van der Waals surface area contributed by atoms with Gasteiger partial charge in [-0.2, -0.15) is 0 Å². The summed E-state index contributed by atoms with van der Waals surface area (Å²) in [6, 6.07) is 0. The third-order valence-corrected chi connectivity index (χ3v) is 1.91. The molecule has 0 bridgehead atoms. The minimum atomic E-state index is -0.501. The van der Waals surface area contributed by atoms with Gasteiger partial charge in [-0.25, -0.2) is 4.79 Å². The normalized spacial score (nSPS) is 14.9. The third kappa shape index (κ3) is 9.21. The highest BCUT2D eigenvalue weighted by atomic mass is 16.5. The fourth-order valence-electron chi connectivity index (χ4n) is 1.11. The summed E-state index contributed by atoms with van der Waals surface area (Å²) < 4.78 is 4.33. The van der Waals surface area contributed by atoms with Crippen LogP contribution in [0.5, 0.6) is 0 Å². The van der Waals surface area contributed by atoms with E-state index in [0.29, 0.717) is 0 Å². The Morgan fingerprint density at radius 1 is 1.50 bits per heavy atom. The maximum Gasteiger partial charge on any atom is 0.330 e. The molecule has 0 atom stereocenters. The molecule has 0 saturated carbocycles. The molecular formula is C11H19NO4. The highest BCUT2D eigenvalue weighted by Gasteiger charge is 2.03. The summed E-state index contributed by atoms with van der Waals surface area (Å²) in [4.78, 5) is 20.7. The van der Waals surface area contributed by atoms with Gasteiger partial charge in [0, 0.05) is 19.0 Å². The van der Waals surface area contributed by atoms with Crippen LogP contribution in [0.15, 0.2) is 12.7 Å². The van der Waals surface area contributed by atoms with E-state index in [1.807, 2.05) is 0 Å². The number of rotatable bonds is 3. The lowest BCUT2D eigenvalue weighted by atomic mass is 10.2. The number of carbonyl (C=O) groups excluding carboxylic acids is 2. The first-order chi connectivity index (χ1) is 7.70. The molecule has 0 aromatic heterocycles. The van der Waals surface area contributed by atoms with E-state index < -0.39 is 5.97 Å². The highest BCUT2D eigenvalue weighted by Crippen LogP contribution is 2.02. The molecule has 5 heteroatoms. The van der Waals surface area contributed by atoms with Crippen LogP contribution in [0.3, 0.4) is 0 Å². The van der Waals surface area contributed by atoms with E-state index in [1.165, 1.54) is 6.42 Å². The van der Waals surface area contributed by atoms with E-state index in [1.54, 1.807) is 0 Å². The van der Waals surface area contributed by atoms with Gasteiger partial charge >= 0.3 is 5.97 Å². The molecule has 2 N–H and O–H groups in total. The molecule has 1 saturated heterocycles. The van der Waals surface area contributed by atoms with Gasteiger partial charge in [-0.3, -0.25) is 4.79 Å². The SMILES string of the molecule is C=CC(=O)OCCO.O=C1CCCCCN1. The monoisotopic (exact) mass is 229 g/mol. The third-order valence-electron chi connectivity index (χ3n) is 1.91. The van der Waals surface area contributed by atoms with Crippen molar-refractivity contribution in [2.45, 2.75) is 25.7 Å². The summed E-state index contributed by atoms with van der Waals surface area (Å²) in [6.07, 6.45) is 5.23. The molecule has 0 unspecified atom stereocenters. The fourth-order valence-corrected chi connectivity index (χ4v) is 1.11. The molecule has 92 valence electrons. The molecule has 16 heavy (non-hydrogen) atoms. The smallest absolute Gasteiger partial charge is 0.330 e. The zero-order valence-corrected chi connectivity index (χ0v) is 9.41. The van der Waals surface area contributed by atoms with Crippen molar-refractivity contribution < 1.29 is 19.4 Å². The number of aliphatic hydroxyl groups excluding tert-OH is 1. The standard InChI is InChI=1S/C6H11NO.C5H8O3/c8-6-4-2-1-3-5-7-6;1-2-5(7)8-4-3-6/h1-5H2,(H,7,8);2,6H,1,3-4H2. The molecule has 1 rings (SSSR count). The molecule has 0 aromatic rings. The molecule has 0 aliphatic carbocycles. The minimum absolute atomic E-state index is 0.0465. The lowest BCUT2D eigenvalue weighted by Gasteiger charge is -1.94. The summed E-state index contributed by atoms with van der Waals surface area (Å²) >= 11 is 0. The Balaban J connectivity index is 0.000000281. The van der Waals surface area contributed by atoms with Crippen LogP contribution in [0.25, 0.3) is 0 Å². The molecule has 0 radical (unpaired) electrons. The number of hydrogen-bond acceptors (Lipinski definition) is 4. The minimum Gasteiger partial charge on any atom is -0.460 e. The van der Waals surface area contributed by atoms with E-state index in [9.17, 15) is 9.59 Å². The van der Waals surface area contributed by atoms with Crippen molar-refractivity contribution in [1.29, 1.82) is 0 Å². The van der Waals surface area contributed by atoms with Gasteiger partial charge in [0.15, 0.2) is 0 Å². The van der Waals surface area contributed by atoms with Gasteiger partial charge in [0.1, 0.15) is 6.61 Å². The summed E-state index contributed by atoms with van der Waals surface area (Å²) in [7, 11) is 0. The Morgan fingerprint density at radius 2 is 2.25 bits per heavy atom. The average Bonchev–Trinajstić information content (AvgIpc) is 2.54. The van der Waals surface area contributed by atoms with Crippen LogP contribution in [0, 0.1) is 0 Å². The van der Waals surface area contributed by atoms with Crippen molar-refractivity contribution in [3.63, 3.8) is 0 Å². The van der Waals surface area contributed by atoms with Crippen molar-refractivity contribution in [3.8, 4) is 0 Å². The highest BCUT2D eigenvalue weighted by molar-refractivity contribution is 5.81. The van der Waals surface area contributed by atoms with Gasteiger partial charge in [0.2, 0.25) is 5.91 Å². The molecule has 1 fully saturated rings. The zero-order chi connectivity index (χ0) is 12.2. The van der Waals surface area contributed by atoms with Crippen molar-refractivity contribution in [2.75, 3.05) is 19.8 Å². The lowest BCUT2D eigenvalue weighted by molar-refractivity contribution is -0.138. The first kappa shape index (κ1) is 14.6. The first-order valence-electron chi connectivity index (χ1n) is 5.37. The predicted octanol–water partition coefficient (Wildman–Crippen LogP) is 0.384. The number of aliphatic hydroxyl groups is 1. The van der Waals surface area contributed by atoms with Gasteiger partial charge < -0.3 is 15.2 Å². The second kappa shape index (κ2) is 10.2. The van der Waals surface area contributed by atoms with E-state index in [4.69, 9.17) is 5.11 Å². The lowest BCUT2D eigenvalue weighted by Crippen LogP contribution is -2.21. The molecule has 1 aliphatic rings. The van der Waals surface area contributed by atoms with Crippen LogP contribution in [-0.2, 0) is 14.3 Å². The summed E-state index contributed by atoms with van der Waals surface area (Å²) in [5.74, 6) is -0.276. The van der Waals surface area contributed by atoms with Crippen LogP contribution < -0.4 is 5.32 Å². The van der Waals surface area contributed by atoms with E-state index in [2.05, 4.69) is 16.6 Å². The Labute approximate surface area is 95.5 Å². The number of ether oxygens (including phenoxy) is 1. The topological polar surface area (TPSA) is 75.6 Å². The van der Waals surface area contributed by atoms with Crippen molar-refractivity contribution in [2.24, 2.45) is 0 Å². The Morgan fingerprint density at radius 3 is 2.88 bits per heavy atom.